The van der Waals surface area contributed by atoms with Crippen molar-refractivity contribution in [1.82, 2.24) is 0 Å². The highest BCUT2D eigenvalue weighted by Crippen LogP contribution is 1.99. The molecule has 0 atom stereocenters. The molecule has 0 unspecified atom stereocenters. The Morgan fingerprint density at radius 1 is 1.73 bits per heavy atom. The van der Waals surface area contributed by atoms with Crippen LogP contribution < -0.4 is 0 Å². The first-order valence-electron chi connectivity index (χ1n) is 3.48. The fraction of sp³-hybridized carbons (Fsp3) is 0.571. The van der Waals surface area contributed by atoms with E-state index < -0.39 is 15.3 Å². The molecule has 0 rings (SSSR count). The van der Waals surface area contributed by atoms with Crippen LogP contribution in [0.1, 0.15) is 13.3 Å². The zero-order chi connectivity index (χ0) is 8.69. The monoisotopic (exact) mass is 173 g/mol. The first kappa shape index (κ1) is 10.4. The zero-order valence-electron chi connectivity index (χ0n) is 6.92. The van der Waals surface area contributed by atoms with Gasteiger partial charge in [0.1, 0.15) is 0 Å². The largest absolute Gasteiger partial charge is 0.489 e. The molecule has 0 amide bonds. The van der Waals surface area contributed by atoms with E-state index in [0.717, 1.165) is 18.5 Å². The lowest BCUT2D eigenvalue weighted by atomic mass is 10.6. The van der Waals surface area contributed by atoms with Gasteiger partial charge in [-0.2, -0.15) is 0 Å². The van der Waals surface area contributed by atoms with Crippen LogP contribution >= 0.6 is 0 Å². The summed E-state index contributed by atoms with van der Waals surface area (Å²) in [7, 11) is 0.189. The van der Waals surface area contributed by atoms with E-state index in [4.69, 9.17) is 8.85 Å². The zero-order valence-corrected chi connectivity index (χ0v) is 7.92. The van der Waals surface area contributed by atoms with Crippen LogP contribution in [0.15, 0.2) is 12.7 Å². The molecular formula is C7H13O3Si. The molecule has 0 aromatic carbocycles. The van der Waals surface area contributed by atoms with Crippen LogP contribution in [0.3, 0.4) is 0 Å². The molecule has 0 fully saturated rings. The van der Waals surface area contributed by atoms with E-state index in [-0.39, 0.29) is 0 Å². The summed E-state index contributed by atoms with van der Waals surface area (Å²) in [4.78, 5) is 10.7. The second-order valence-corrected chi connectivity index (χ2v) is 3.81. The number of rotatable bonds is 5. The number of hydrogen-bond donors (Lipinski definition) is 0. The lowest BCUT2D eigenvalue weighted by molar-refractivity contribution is -0.130. The maximum atomic E-state index is 10.7. The predicted octanol–water partition coefficient (Wildman–Crippen LogP) is 1.26. The van der Waals surface area contributed by atoms with Crippen LogP contribution in [0.4, 0.5) is 0 Å². The lowest BCUT2D eigenvalue weighted by Crippen LogP contribution is -2.23. The third kappa shape index (κ3) is 4.75. The van der Waals surface area contributed by atoms with Gasteiger partial charge in [0.15, 0.2) is 0 Å². The van der Waals surface area contributed by atoms with Gasteiger partial charge in [-0.05, 0) is 0 Å². The van der Waals surface area contributed by atoms with Crippen molar-refractivity contribution < 1.29 is 13.6 Å². The van der Waals surface area contributed by atoms with Crippen molar-refractivity contribution in [2.24, 2.45) is 0 Å². The Morgan fingerprint density at radius 2 is 2.36 bits per heavy atom. The molecular weight excluding hydrogens is 160 g/mol. The minimum atomic E-state index is -1.37. The van der Waals surface area contributed by atoms with Crippen molar-refractivity contribution in [3.8, 4) is 0 Å². The fourth-order valence-electron chi connectivity index (χ4n) is 0.553. The summed E-state index contributed by atoms with van der Waals surface area (Å²) in [5.41, 5.74) is 0. The van der Waals surface area contributed by atoms with Crippen molar-refractivity contribution >= 4 is 15.3 Å². The lowest BCUT2D eigenvalue weighted by Gasteiger charge is -2.08. The van der Waals surface area contributed by atoms with Gasteiger partial charge in [0, 0.05) is 19.2 Å². The second-order valence-electron chi connectivity index (χ2n) is 1.95. The van der Waals surface area contributed by atoms with Crippen LogP contribution in [-0.2, 0) is 13.6 Å². The van der Waals surface area contributed by atoms with E-state index in [1.54, 1.807) is 7.11 Å². The van der Waals surface area contributed by atoms with E-state index in [9.17, 15) is 4.79 Å². The molecule has 0 bridgehead atoms. The summed E-state index contributed by atoms with van der Waals surface area (Å²) >= 11 is 0. The van der Waals surface area contributed by atoms with Gasteiger partial charge >= 0.3 is 15.3 Å². The molecule has 0 spiro atoms. The van der Waals surface area contributed by atoms with Crippen molar-refractivity contribution in [3.05, 3.63) is 12.7 Å². The molecule has 63 valence electrons. The Morgan fingerprint density at radius 3 is 2.73 bits per heavy atom. The molecule has 0 N–H and O–H groups in total. The molecule has 11 heavy (non-hydrogen) atoms. The molecule has 0 aliphatic rings. The molecule has 0 aromatic heterocycles. The molecule has 4 heteroatoms. The first-order valence-corrected chi connectivity index (χ1v) is 5.01. The maximum absolute atomic E-state index is 10.7. The van der Waals surface area contributed by atoms with Crippen LogP contribution in [-0.4, -0.2) is 22.4 Å². The van der Waals surface area contributed by atoms with Gasteiger partial charge in [-0.3, -0.25) is 0 Å². The van der Waals surface area contributed by atoms with Gasteiger partial charge in [-0.15, -0.1) is 0 Å². The quantitative estimate of drug-likeness (QED) is 0.464. The Bertz CT molecular complexity index is 136. The fourth-order valence-corrected chi connectivity index (χ4v) is 1.66. The average molecular weight is 173 g/mol. The topological polar surface area (TPSA) is 35.5 Å². The number of hydrogen-bond acceptors (Lipinski definition) is 3. The Balaban J connectivity index is 3.67. The average Bonchev–Trinajstić information content (AvgIpc) is 2.03. The van der Waals surface area contributed by atoms with Crippen LogP contribution in [0.5, 0.6) is 0 Å². The van der Waals surface area contributed by atoms with E-state index >= 15 is 0 Å². The molecule has 1 radical (unpaired) electrons. The molecule has 0 aliphatic heterocycles. The van der Waals surface area contributed by atoms with Crippen molar-refractivity contribution in [1.29, 1.82) is 0 Å². The number of carbonyl (C=O) groups excluding carboxylic acids is 1. The smallest absolute Gasteiger partial charge is 0.459 e. The highest BCUT2D eigenvalue weighted by Gasteiger charge is 2.16. The van der Waals surface area contributed by atoms with Gasteiger partial charge in [-0.1, -0.05) is 19.9 Å². The van der Waals surface area contributed by atoms with Crippen molar-refractivity contribution in [2.75, 3.05) is 7.11 Å². The third-order valence-electron chi connectivity index (χ3n) is 1.06. The van der Waals surface area contributed by atoms with E-state index in [0.29, 0.717) is 0 Å². The Hall–Kier alpha value is -0.613. The number of carbonyl (C=O) groups is 1. The highest BCUT2D eigenvalue weighted by atomic mass is 28.3. The molecule has 0 saturated heterocycles. The minimum Gasteiger partial charge on any atom is -0.489 e. The summed E-state index contributed by atoms with van der Waals surface area (Å²) in [6.07, 6.45) is 2.12. The van der Waals surface area contributed by atoms with E-state index in [1.165, 1.54) is 0 Å². The maximum Gasteiger partial charge on any atom is 0.459 e. The van der Waals surface area contributed by atoms with Crippen LogP contribution in [0, 0.1) is 0 Å². The van der Waals surface area contributed by atoms with Gasteiger partial charge in [-0.25, -0.2) is 4.79 Å². The molecule has 0 aromatic rings. The first-order chi connectivity index (χ1) is 5.24. The summed E-state index contributed by atoms with van der Waals surface area (Å²) in [5.74, 6) is -0.394. The normalized spacial score (nSPS) is 9.73. The standard InChI is InChI=1S/C7H13O3Si/c1-4-6-11(9-3)10-7(8)5-2/h5H,2,4,6H2,1,3H3. The molecule has 3 nitrogen and oxygen atoms in total. The SMILES string of the molecule is C=CC(=O)O[Si](CCC)OC. The Labute approximate surface area is 68.9 Å². The summed E-state index contributed by atoms with van der Waals surface area (Å²) in [6.45, 7) is 5.31. The van der Waals surface area contributed by atoms with Crippen molar-refractivity contribution in [3.63, 3.8) is 0 Å². The molecule has 0 heterocycles. The van der Waals surface area contributed by atoms with E-state index in [1.807, 2.05) is 6.92 Å². The van der Waals surface area contributed by atoms with Crippen LogP contribution in [0.25, 0.3) is 0 Å². The van der Waals surface area contributed by atoms with Gasteiger partial charge in [0.2, 0.25) is 0 Å². The second kappa shape index (κ2) is 6.12. The minimum absolute atomic E-state index is 0.394. The van der Waals surface area contributed by atoms with Gasteiger partial charge in [0.05, 0.1) is 0 Å². The van der Waals surface area contributed by atoms with Crippen molar-refractivity contribution in [2.45, 2.75) is 19.4 Å². The third-order valence-corrected chi connectivity index (χ3v) is 2.86. The molecule has 0 saturated carbocycles. The predicted molar refractivity (Wildman–Crippen MR) is 44.2 cm³/mol. The van der Waals surface area contributed by atoms with E-state index in [2.05, 4.69) is 6.58 Å². The van der Waals surface area contributed by atoms with Gasteiger partial charge in [0.25, 0.3) is 0 Å². The highest BCUT2D eigenvalue weighted by molar-refractivity contribution is 6.46. The Kier molecular flexibility index (Phi) is 5.78. The molecule has 0 aliphatic carbocycles. The van der Waals surface area contributed by atoms with Crippen LogP contribution in [0.2, 0.25) is 6.04 Å². The van der Waals surface area contributed by atoms with Gasteiger partial charge < -0.3 is 8.85 Å². The summed E-state index contributed by atoms with van der Waals surface area (Å²) in [6, 6.07) is 0.820. The summed E-state index contributed by atoms with van der Waals surface area (Å²) in [5, 5.41) is 0. The summed E-state index contributed by atoms with van der Waals surface area (Å²) < 4.78 is 9.89.